The summed E-state index contributed by atoms with van der Waals surface area (Å²) in [4.78, 5) is 18.5. The molecule has 2 aromatic carbocycles. The van der Waals surface area contributed by atoms with E-state index in [1.807, 2.05) is 18.2 Å². The Morgan fingerprint density at radius 2 is 1.66 bits per heavy atom. The lowest BCUT2D eigenvalue weighted by Gasteiger charge is -2.37. The highest BCUT2D eigenvalue weighted by Crippen LogP contribution is 2.40. The van der Waals surface area contributed by atoms with Gasteiger partial charge in [0, 0.05) is 61.7 Å². The van der Waals surface area contributed by atoms with Crippen LogP contribution in [0.2, 0.25) is 10.0 Å². The van der Waals surface area contributed by atoms with Gasteiger partial charge < -0.3 is 15.0 Å². The minimum Gasteiger partial charge on any atom is -0.381 e. The molecule has 0 atom stereocenters. The van der Waals surface area contributed by atoms with Crippen molar-refractivity contribution in [3.8, 4) is 0 Å². The smallest absolute Gasteiger partial charge is 0.235 e. The van der Waals surface area contributed by atoms with E-state index in [4.69, 9.17) is 27.9 Å². The van der Waals surface area contributed by atoms with Crippen LogP contribution in [-0.4, -0.2) is 61.6 Å². The summed E-state index contributed by atoms with van der Waals surface area (Å²) in [5, 5.41) is 4.22. The van der Waals surface area contributed by atoms with Crippen molar-refractivity contribution in [2.24, 2.45) is 0 Å². The number of hydrogen-bond acceptors (Lipinski definition) is 4. The van der Waals surface area contributed by atoms with Gasteiger partial charge in [-0.25, -0.2) is 0 Å². The van der Waals surface area contributed by atoms with Crippen LogP contribution in [0.4, 0.5) is 5.69 Å². The number of anilines is 1. The van der Waals surface area contributed by atoms with E-state index in [0.29, 0.717) is 36.1 Å². The molecule has 172 valence electrons. The lowest BCUT2D eigenvalue weighted by atomic mass is 9.73. The Morgan fingerprint density at radius 3 is 2.28 bits per heavy atom. The van der Waals surface area contributed by atoms with Crippen molar-refractivity contribution in [1.29, 1.82) is 0 Å². The second-order valence-corrected chi connectivity index (χ2v) is 9.52. The molecule has 7 heteroatoms. The third-order valence-corrected chi connectivity index (χ3v) is 7.31. The van der Waals surface area contributed by atoms with Crippen molar-refractivity contribution in [3.63, 3.8) is 0 Å². The van der Waals surface area contributed by atoms with Crippen molar-refractivity contribution < 1.29 is 9.53 Å². The third kappa shape index (κ3) is 5.29. The van der Waals surface area contributed by atoms with E-state index < -0.39 is 5.41 Å². The minimum atomic E-state index is -0.725. The maximum absolute atomic E-state index is 13.5. The van der Waals surface area contributed by atoms with Gasteiger partial charge in [0.2, 0.25) is 5.91 Å². The van der Waals surface area contributed by atoms with Gasteiger partial charge in [0.25, 0.3) is 0 Å². The summed E-state index contributed by atoms with van der Waals surface area (Å²) in [6, 6.07) is 13.6. The summed E-state index contributed by atoms with van der Waals surface area (Å²) in [5.41, 5.74) is 2.14. The maximum Gasteiger partial charge on any atom is 0.235 e. The molecule has 2 saturated heterocycles. The molecule has 4 rings (SSSR count). The molecule has 0 aromatic heterocycles. The normalized spacial score (nSPS) is 19.6. The zero-order chi connectivity index (χ0) is 22.6. The largest absolute Gasteiger partial charge is 0.381 e. The summed E-state index contributed by atoms with van der Waals surface area (Å²) in [6.45, 7) is 9.77. The van der Waals surface area contributed by atoms with E-state index in [2.05, 4.69) is 34.2 Å². The number of nitrogens with one attached hydrogen (secondary N) is 1. The second kappa shape index (κ2) is 10.5. The van der Waals surface area contributed by atoms with E-state index in [1.165, 1.54) is 5.56 Å². The van der Waals surface area contributed by atoms with Crippen LogP contribution >= 0.6 is 23.2 Å². The molecule has 1 amide bonds. The number of nitrogens with zero attached hydrogens (tertiary/aromatic N) is 2. The molecular formula is C25H31Cl2N3O2. The number of benzene rings is 2. The molecule has 2 aliphatic rings. The lowest BCUT2D eigenvalue weighted by Crippen LogP contribution is -2.45. The predicted octanol–water partition coefficient (Wildman–Crippen LogP) is 4.82. The number of halogens is 2. The number of hydrogen-bond donors (Lipinski definition) is 1. The first-order chi connectivity index (χ1) is 15.5. The number of likely N-dealkylation sites (N-methyl/N-ethyl adjacent to an activating group) is 1. The van der Waals surface area contributed by atoms with Crippen LogP contribution in [0, 0.1) is 0 Å². The summed E-state index contributed by atoms with van der Waals surface area (Å²) in [6.07, 6.45) is 1.17. The van der Waals surface area contributed by atoms with E-state index in [0.717, 1.165) is 50.5 Å². The summed E-state index contributed by atoms with van der Waals surface area (Å²) < 4.78 is 5.56. The standard InChI is InChI=1S/C25H31Cl2N3O2/c1-2-29-11-13-30(14-12-29)18-19-3-6-21(7-4-19)28-24(31)25(9-15-32-16-10-25)22-8-5-20(26)17-23(22)27/h3-8,17H,2,9-16,18H2,1H3,(H,28,31). The van der Waals surface area contributed by atoms with Crippen molar-refractivity contribution >= 4 is 34.8 Å². The van der Waals surface area contributed by atoms with Gasteiger partial charge in [0.15, 0.2) is 0 Å². The quantitative estimate of drug-likeness (QED) is 0.650. The molecule has 0 radical (unpaired) electrons. The molecule has 2 heterocycles. The van der Waals surface area contributed by atoms with Crippen molar-refractivity contribution in [3.05, 3.63) is 63.6 Å². The molecule has 0 saturated carbocycles. The highest BCUT2D eigenvalue weighted by molar-refractivity contribution is 6.35. The molecule has 0 spiro atoms. The zero-order valence-corrected chi connectivity index (χ0v) is 20.1. The van der Waals surface area contributed by atoms with Gasteiger partial charge in [0.1, 0.15) is 0 Å². The number of carbonyl (C=O) groups excluding carboxylic acids is 1. The summed E-state index contributed by atoms with van der Waals surface area (Å²) >= 11 is 12.6. The fraction of sp³-hybridized carbons (Fsp3) is 0.480. The van der Waals surface area contributed by atoms with Crippen LogP contribution in [0.25, 0.3) is 0 Å². The Kier molecular flexibility index (Phi) is 7.74. The van der Waals surface area contributed by atoms with Crippen LogP contribution < -0.4 is 5.32 Å². The number of piperazine rings is 1. The average Bonchev–Trinajstić information content (AvgIpc) is 2.81. The van der Waals surface area contributed by atoms with Crippen LogP contribution in [0.3, 0.4) is 0 Å². The number of rotatable bonds is 6. The molecule has 2 aliphatic heterocycles. The first kappa shape index (κ1) is 23.5. The minimum absolute atomic E-state index is 0.0477. The molecular weight excluding hydrogens is 445 g/mol. The first-order valence-electron chi connectivity index (χ1n) is 11.4. The van der Waals surface area contributed by atoms with Crippen LogP contribution in [0.5, 0.6) is 0 Å². The second-order valence-electron chi connectivity index (χ2n) is 8.68. The number of carbonyl (C=O) groups is 1. The molecule has 2 aromatic rings. The van der Waals surface area contributed by atoms with Gasteiger partial charge in [0.05, 0.1) is 5.41 Å². The SMILES string of the molecule is CCN1CCN(Cc2ccc(NC(=O)C3(c4ccc(Cl)cc4Cl)CCOCC3)cc2)CC1. The van der Waals surface area contributed by atoms with Crippen molar-refractivity contribution in [2.45, 2.75) is 31.7 Å². The van der Waals surface area contributed by atoms with E-state index in [9.17, 15) is 4.79 Å². The number of amides is 1. The Bertz CT molecular complexity index is 921. The topological polar surface area (TPSA) is 44.8 Å². The van der Waals surface area contributed by atoms with E-state index in [-0.39, 0.29) is 5.91 Å². The van der Waals surface area contributed by atoms with Gasteiger partial charge >= 0.3 is 0 Å². The van der Waals surface area contributed by atoms with Crippen LogP contribution in [-0.2, 0) is 21.5 Å². The summed E-state index contributed by atoms with van der Waals surface area (Å²) in [7, 11) is 0. The summed E-state index contributed by atoms with van der Waals surface area (Å²) in [5.74, 6) is -0.0477. The van der Waals surface area contributed by atoms with Crippen molar-refractivity contribution in [1.82, 2.24) is 9.80 Å². The fourth-order valence-corrected chi connectivity index (χ4v) is 5.27. The Hall–Kier alpha value is -1.63. The highest BCUT2D eigenvalue weighted by Gasteiger charge is 2.43. The van der Waals surface area contributed by atoms with Crippen molar-refractivity contribution in [2.75, 3.05) is 51.3 Å². The molecule has 32 heavy (non-hydrogen) atoms. The molecule has 2 fully saturated rings. The molecule has 0 unspecified atom stereocenters. The molecule has 1 N–H and O–H groups in total. The lowest BCUT2D eigenvalue weighted by molar-refractivity contribution is -0.125. The van der Waals surface area contributed by atoms with Crippen LogP contribution in [0.15, 0.2) is 42.5 Å². The van der Waals surface area contributed by atoms with Gasteiger partial charge in [-0.3, -0.25) is 9.69 Å². The third-order valence-electron chi connectivity index (χ3n) is 6.76. The maximum atomic E-state index is 13.5. The highest BCUT2D eigenvalue weighted by atomic mass is 35.5. The van der Waals surface area contributed by atoms with Crippen LogP contribution in [0.1, 0.15) is 30.9 Å². The molecule has 0 bridgehead atoms. The zero-order valence-electron chi connectivity index (χ0n) is 18.6. The Labute approximate surface area is 200 Å². The molecule has 0 aliphatic carbocycles. The predicted molar refractivity (Wildman–Crippen MR) is 131 cm³/mol. The first-order valence-corrected chi connectivity index (χ1v) is 12.1. The Morgan fingerprint density at radius 1 is 1.00 bits per heavy atom. The van der Waals surface area contributed by atoms with E-state index in [1.54, 1.807) is 12.1 Å². The Balaban J connectivity index is 1.44. The average molecular weight is 476 g/mol. The van der Waals surface area contributed by atoms with E-state index >= 15 is 0 Å². The molecule has 5 nitrogen and oxygen atoms in total. The fourth-order valence-electron chi connectivity index (χ4n) is 4.68. The van der Waals surface area contributed by atoms with Gasteiger partial charge in [-0.05, 0) is 54.8 Å². The monoisotopic (exact) mass is 475 g/mol. The number of ether oxygens (including phenoxy) is 1. The van der Waals surface area contributed by atoms with Gasteiger partial charge in [-0.15, -0.1) is 0 Å². The van der Waals surface area contributed by atoms with Gasteiger partial charge in [-0.1, -0.05) is 48.3 Å². The van der Waals surface area contributed by atoms with Gasteiger partial charge in [-0.2, -0.15) is 0 Å².